The van der Waals surface area contributed by atoms with Crippen molar-refractivity contribution in [3.63, 3.8) is 0 Å². The summed E-state index contributed by atoms with van der Waals surface area (Å²) >= 11 is 0. The molecule has 8 heteroatoms. The van der Waals surface area contributed by atoms with Gasteiger partial charge < -0.3 is 14.5 Å². The zero-order chi connectivity index (χ0) is 13.9. The molecule has 18 heavy (non-hydrogen) atoms. The van der Waals surface area contributed by atoms with E-state index >= 15 is 0 Å². The summed E-state index contributed by atoms with van der Waals surface area (Å²) in [5, 5.41) is 0. The lowest BCUT2D eigenvalue weighted by atomic mass is 10.2. The first-order chi connectivity index (χ1) is 8.24. The smallest absolute Gasteiger partial charge is 0.461 e. The van der Waals surface area contributed by atoms with E-state index in [2.05, 4.69) is 9.47 Å². The summed E-state index contributed by atoms with van der Waals surface area (Å²) in [4.78, 5) is 24.6. The molecule has 0 radical (unpaired) electrons. The number of hydrogen-bond donors (Lipinski definition) is 1. The van der Waals surface area contributed by atoms with Gasteiger partial charge in [-0.15, -0.1) is 13.2 Å². The Kier molecular flexibility index (Phi) is 4.00. The molecule has 0 aliphatic rings. The molecule has 0 fully saturated rings. The maximum atomic E-state index is 12.0. The number of ether oxygens (including phenoxy) is 2. The van der Waals surface area contributed by atoms with Crippen molar-refractivity contribution in [3.8, 4) is 5.75 Å². The average molecular weight is 265 g/mol. The monoisotopic (exact) mass is 265 g/mol. The molecule has 1 N–H and O–H groups in total. The van der Waals surface area contributed by atoms with Gasteiger partial charge >= 0.3 is 12.3 Å². The zero-order valence-corrected chi connectivity index (χ0v) is 9.55. The van der Waals surface area contributed by atoms with Crippen molar-refractivity contribution < 1.29 is 27.4 Å². The Bertz CT molecular complexity index is 507. The molecule has 100 valence electrons. The van der Waals surface area contributed by atoms with Crippen LogP contribution in [0.15, 0.2) is 10.9 Å². The molecule has 0 saturated carbocycles. The number of aromatic nitrogens is 1. The number of rotatable bonds is 3. The number of carbonyl (C=O) groups is 1. The van der Waals surface area contributed by atoms with Crippen molar-refractivity contribution in [1.82, 2.24) is 4.98 Å². The molecule has 1 rings (SSSR count). The van der Waals surface area contributed by atoms with Crippen LogP contribution in [0, 0.1) is 6.92 Å². The van der Waals surface area contributed by atoms with E-state index in [4.69, 9.17) is 0 Å². The number of aromatic amines is 1. The van der Waals surface area contributed by atoms with E-state index in [1.54, 1.807) is 6.92 Å². The highest BCUT2D eigenvalue weighted by atomic mass is 19.4. The SMILES string of the molecule is CCOC(=O)c1[nH]c(=O)c(OC(F)(F)F)cc1C. The van der Waals surface area contributed by atoms with Crippen LogP contribution in [0.4, 0.5) is 13.2 Å². The van der Waals surface area contributed by atoms with Gasteiger partial charge in [-0.1, -0.05) is 0 Å². The summed E-state index contributed by atoms with van der Waals surface area (Å²) in [7, 11) is 0. The fraction of sp³-hybridized carbons (Fsp3) is 0.400. The van der Waals surface area contributed by atoms with Crippen molar-refractivity contribution in [3.05, 3.63) is 27.7 Å². The van der Waals surface area contributed by atoms with E-state index in [-0.39, 0.29) is 17.9 Å². The lowest BCUT2D eigenvalue weighted by Gasteiger charge is -2.10. The van der Waals surface area contributed by atoms with Crippen molar-refractivity contribution in [2.45, 2.75) is 20.2 Å². The van der Waals surface area contributed by atoms with Crippen LogP contribution in [0.25, 0.3) is 0 Å². The number of hydrogen-bond acceptors (Lipinski definition) is 4. The summed E-state index contributed by atoms with van der Waals surface area (Å²) in [6, 6.07) is 0.832. The summed E-state index contributed by atoms with van der Waals surface area (Å²) in [5.41, 5.74) is -1.23. The van der Waals surface area contributed by atoms with Gasteiger partial charge in [0.1, 0.15) is 5.69 Å². The highest BCUT2D eigenvalue weighted by Gasteiger charge is 2.32. The first-order valence-electron chi connectivity index (χ1n) is 4.91. The molecule has 1 aromatic rings. The van der Waals surface area contributed by atoms with Gasteiger partial charge in [0, 0.05) is 0 Å². The molecule has 0 aromatic carbocycles. The molecular weight excluding hydrogens is 255 g/mol. The van der Waals surface area contributed by atoms with Crippen LogP contribution in [0.1, 0.15) is 23.0 Å². The lowest BCUT2D eigenvalue weighted by molar-refractivity contribution is -0.275. The largest absolute Gasteiger partial charge is 0.573 e. The Balaban J connectivity index is 3.12. The Hall–Kier alpha value is -1.99. The maximum Gasteiger partial charge on any atom is 0.573 e. The van der Waals surface area contributed by atoms with Crippen LogP contribution in [0.2, 0.25) is 0 Å². The highest BCUT2D eigenvalue weighted by molar-refractivity contribution is 5.88. The second-order valence-corrected chi connectivity index (χ2v) is 3.29. The Morgan fingerprint density at radius 2 is 2.06 bits per heavy atom. The summed E-state index contributed by atoms with van der Waals surface area (Å²) in [6.07, 6.45) is -4.97. The average Bonchev–Trinajstić information content (AvgIpc) is 2.21. The normalized spacial score (nSPS) is 11.2. The molecule has 5 nitrogen and oxygen atoms in total. The Morgan fingerprint density at radius 3 is 2.56 bits per heavy atom. The highest BCUT2D eigenvalue weighted by Crippen LogP contribution is 2.20. The molecular formula is C10H10F3NO4. The van der Waals surface area contributed by atoms with Crippen LogP contribution >= 0.6 is 0 Å². The summed E-state index contributed by atoms with van der Waals surface area (Å²) < 4.78 is 44.0. The van der Waals surface area contributed by atoms with E-state index in [0.29, 0.717) is 0 Å². The van der Waals surface area contributed by atoms with Gasteiger partial charge in [0.15, 0.2) is 5.75 Å². The molecule has 0 amide bonds. The van der Waals surface area contributed by atoms with Crippen LogP contribution < -0.4 is 10.3 Å². The predicted molar refractivity (Wildman–Crippen MR) is 54.4 cm³/mol. The fourth-order valence-electron chi connectivity index (χ4n) is 1.22. The van der Waals surface area contributed by atoms with E-state index in [1.807, 2.05) is 4.98 Å². The second-order valence-electron chi connectivity index (χ2n) is 3.29. The number of pyridine rings is 1. The van der Waals surface area contributed by atoms with Crippen LogP contribution in [-0.2, 0) is 4.74 Å². The number of aryl methyl sites for hydroxylation is 1. The molecule has 0 atom stereocenters. The van der Waals surface area contributed by atoms with Crippen molar-refractivity contribution >= 4 is 5.97 Å². The van der Waals surface area contributed by atoms with Gasteiger partial charge in [-0.3, -0.25) is 4.79 Å². The number of halogens is 3. The lowest BCUT2D eigenvalue weighted by Crippen LogP contribution is -2.25. The standard InChI is InChI=1S/C10H10F3NO4/c1-3-17-9(16)7-5(2)4-6(8(15)14-7)18-10(11,12)13/h4H,3H2,1-2H3,(H,14,15). The van der Waals surface area contributed by atoms with Crippen molar-refractivity contribution in [2.75, 3.05) is 6.61 Å². The first-order valence-corrected chi connectivity index (χ1v) is 4.91. The third-order valence-corrected chi connectivity index (χ3v) is 1.91. The van der Waals surface area contributed by atoms with Gasteiger partial charge in [0.2, 0.25) is 0 Å². The Morgan fingerprint density at radius 1 is 1.44 bits per heavy atom. The topological polar surface area (TPSA) is 68.4 Å². The molecule has 0 bridgehead atoms. The third-order valence-electron chi connectivity index (χ3n) is 1.91. The van der Waals surface area contributed by atoms with Crippen LogP contribution in [0.3, 0.4) is 0 Å². The number of nitrogens with one attached hydrogen (secondary N) is 1. The van der Waals surface area contributed by atoms with Crippen LogP contribution in [0.5, 0.6) is 5.75 Å². The van der Waals surface area contributed by atoms with Crippen molar-refractivity contribution in [2.24, 2.45) is 0 Å². The molecule has 0 aliphatic heterocycles. The fourth-order valence-corrected chi connectivity index (χ4v) is 1.22. The molecule has 1 aromatic heterocycles. The van der Waals surface area contributed by atoms with Gasteiger partial charge in [-0.2, -0.15) is 0 Å². The van der Waals surface area contributed by atoms with E-state index in [0.717, 1.165) is 6.07 Å². The minimum absolute atomic E-state index is 0.0844. The van der Waals surface area contributed by atoms with E-state index in [1.165, 1.54) is 6.92 Å². The van der Waals surface area contributed by atoms with Gasteiger partial charge in [0.05, 0.1) is 6.61 Å². The number of alkyl halides is 3. The maximum absolute atomic E-state index is 12.0. The summed E-state index contributed by atoms with van der Waals surface area (Å²) in [6.45, 7) is 3.00. The zero-order valence-electron chi connectivity index (χ0n) is 9.55. The quantitative estimate of drug-likeness (QED) is 0.845. The Labute approximate surface area is 99.5 Å². The first kappa shape index (κ1) is 14.1. The minimum Gasteiger partial charge on any atom is -0.461 e. The predicted octanol–water partition coefficient (Wildman–Crippen LogP) is 1.76. The molecule has 0 unspecified atom stereocenters. The minimum atomic E-state index is -4.97. The molecule has 0 spiro atoms. The molecule has 1 heterocycles. The second kappa shape index (κ2) is 5.11. The van der Waals surface area contributed by atoms with E-state index in [9.17, 15) is 22.8 Å². The summed E-state index contributed by atoms with van der Waals surface area (Å²) in [5.74, 6) is -1.74. The van der Waals surface area contributed by atoms with Gasteiger partial charge in [-0.05, 0) is 25.5 Å². The number of esters is 1. The molecule has 0 aliphatic carbocycles. The number of carbonyl (C=O) groups excluding carboxylic acids is 1. The van der Waals surface area contributed by atoms with Crippen LogP contribution in [-0.4, -0.2) is 23.9 Å². The van der Waals surface area contributed by atoms with E-state index < -0.39 is 23.6 Å². The van der Waals surface area contributed by atoms with Gasteiger partial charge in [-0.25, -0.2) is 4.79 Å². The number of H-pyrrole nitrogens is 1. The van der Waals surface area contributed by atoms with Gasteiger partial charge in [0.25, 0.3) is 5.56 Å². The molecule has 0 saturated heterocycles. The van der Waals surface area contributed by atoms with Crippen molar-refractivity contribution in [1.29, 1.82) is 0 Å². The third kappa shape index (κ3) is 3.51.